The van der Waals surface area contributed by atoms with Crippen molar-refractivity contribution >= 4 is 17.1 Å². The van der Waals surface area contributed by atoms with Gasteiger partial charge in [0.2, 0.25) is 0 Å². The van der Waals surface area contributed by atoms with E-state index in [2.05, 4.69) is 12.1 Å². The van der Waals surface area contributed by atoms with Gasteiger partial charge in [-0.15, -0.1) is 0 Å². The highest BCUT2D eigenvalue weighted by atomic mass is 16.5. The van der Waals surface area contributed by atoms with Crippen molar-refractivity contribution in [3.8, 4) is 0 Å². The molecule has 0 fully saturated rings. The molecule has 2 aromatic rings. The lowest BCUT2D eigenvalue weighted by atomic mass is 9.90. The Bertz CT molecular complexity index is 789. The van der Waals surface area contributed by atoms with Crippen molar-refractivity contribution in [1.82, 2.24) is 4.90 Å². The van der Waals surface area contributed by atoms with E-state index >= 15 is 0 Å². The Kier molecular flexibility index (Phi) is 4.52. The first-order chi connectivity index (χ1) is 11.6. The van der Waals surface area contributed by atoms with Gasteiger partial charge in [-0.1, -0.05) is 60.7 Å². The van der Waals surface area contributed by atoms with E-state index in [4.69, 9.17) is 4.74 Å². The van der Waals surface area contributed by atoms with E-state index in [1.807, 2.05) is 73.6 Å². The second-order valence-corrected chi connectivity index (χ2v) is 5.97. The smallest absolute Gasteiger partial charge is 0.317 e. The van der Waals surface area contributed by atoms with Gasteiger partial charge in [0.25, 0.3) is 0 Å². The van der Waals surface area contributed by atoms with Crippen LogP contribution < -0.4 is 0 Å². The molecule has 0 bridgehead atoms. The molecule has 122 valence electrons. The monoisotopic (exact) mass is 319 g/mol. The van der Waals surface area contributed by atoms with Crippen molar-refractivity contribution in [3.63, 3.8) is 0 Å². The minimum atomic E-state index is -0.398. The summed E-state index contributed by atoms with van der Waals surface area (Å²) in [4.78, 5) is 14.5. The lowest BCUT2D eigenvalue weighted by Crippen LogP contribution is -2.14. The zero-order chi connectivity index (χ0) is 17.1. The maximum Gasteiger partial charge on any atom is 0.317 e. The number of hydrogen-bond acceptors (Lipinski definition) is 3. The predicted octanol–water partition coefficient (Wildman–Crippen LogP) is 3.85. The van der Waals surface area contributed by atoms with Crippen molar-refractivity contribution in [2.45, 2.75) is 0 Å². The quantitative estimate of drug-likeness (QED) is 0.802. The van der Waals surface area contributed by atoms with Crippen molar-refractivity contribution in [2.24, 2.45) is 5.92 Å². The van der Waals surface area contributed by atoms with Crippen LogP contribution in [0.15, 0.2) is 72.4 Å². The van der Waals surface area contributed by atoms with E-state index in [0.29, 0.717) is 0 Å². The van der Waals surface area contributed by atoms with E-state index in [1.165, 1.54) is 7.11 Å². The summed E-state index contributed by atoms with van der Waals surface area (Å²) in [5, 5.41) is 0. The zero-order valence-corrected chi connectivity index (χ0v) is 14.2. The second-order valence-electron chi connectivity index (χ2n) is 5.97. The lowest BCUT2D eigenvalue weighted by Gasteiger charge is -2.19. The van der Waals surface area contributed by atoms with E-state index in [1.54, 1.807) is 0 Å². The van der Waals surface area contributed by atoms with Crippen LogP contribution in [0.5, 0.6) is 0 Å². The number of esters is 1. The fourth-order valence-electron chi connectivity index (χ4n) is 3.15. The number of nitrogens with zero attached hydrogens (tertiary/aromatic N) is 1. The molecule has 2 aromatic carbocycles. The summed E-state index contributed by atoms with van der Waals surface area (Å²) < 4.78 is 5.06. The molecule has 1 aliphatic carbocycles. The molecule has 0 aliphatic heterocycles. The number of rotatable bonds is 4. The molecule has 1 unspecified atom stereocenters. The number of ether oxygens (including phenoxy) is 1. The van der Waals surface area contributed by atoms with Gasteiger partial charge in [-0.05, 0) is 22.8 Å². The highest BCUT2D eigenvalue weighted by Crippen LogP contribution is 2.44. The van der Waals surface area contributed by atoms with Gasteiger partial charge in [0.05, 0.1) is 7.11 Å². The van der Waals surface area contributed by atoms with Crippen LogP contribution in [-0.2, 0) is 9.53 Å². The van der Waals surface area contributed by atoms with Gasteiger partial charge in [0, 0.05) is 25.4 Å². The van der Waals surface area contributed by atoms with Crippen molar-refractivity contribution in [3.05, 3.63) is 83.6 Å². The van der Waals surface area contributed by atoms with Gasteiger partial charge in [-0.25, -0.2) is 0 Å². The molecule has 0 saturated heterocycles. The third-order valence-corrected chi connectivity index (χ3v) is 4.25. The Morgan fingerprint density at radius 3 is 1.96 bits per heavy atom. The van der Waals surface area contributed by atoms with Crippen LogP contribution in [0.4, 0.5) is 0 Å². The standard InChI is InChI=1S/C21H21NO2/c1-22(2)18-14-17(21(23)24-3)19(15-10-6-4-7-11-15)20(18)16-12-8-5-9-13-16/h4-14,17H,1-3H3. The molecule has 0 aromatic heterocycles. The van der Waals surface area contributed by atoms with E-state index in [-0.39, 0.29) is 5.97 Å². The summed E-state index contributed by atoms with van der Waals surface area (Å²) in [7, 11) is 5.43. The summed E-state index contributed by atoms with van der Waals surface area (Å²) >= 11 is 0. The van der Waals surface area contributed by atoms with Crippen molar-refractivity contribution in [2.75, 3.05) is 21.2 Å². The summed E-state index contributed by atoms with van der Waals surface area (Å²) in [6.45, 7) is 0. The molecule has 1 atom stereocenters. The van der Waals surface area contributed by atoms with Gasteiger partial charge in [0.15, 0.2) is 0 Å². The average molecular weight is 319 g/mol. The fraction of sp³-hybridized carbons (Fsp3) is 0.190. The van der Waals surface area contributed by atoms with Crippen molar-refractivity contribution < 1.29 is 9.53 Å². The highest BCUT2D eigenvalue weighted by molar-refractivity contribution is 6.09. The molecule has 1 aliphatic rings. The van der Waals surface area contributed by atoms with Gasteiger partial charge < -0.3 is 9.64 Å². The highest BCUT2D eigenvalue weighted by Gasteiger charge is 2.34. The summed E-state index contributed by atoms with van der Waals surface area (Å²) in [5.41, 5.74) is 5.26. The molecule has 0 spiro atoms. The van der Waals surface area contributed by atoms with Crippen molar-refractivity contribution in [1.29, 1.82) is 0 Å². The van der Waals surface area contributed by atoms with Crippen LogP contribution >= 0.6 is 0 Å². The van der Waals surface area contributed by atoms with Gasteiger partial charge in [-0.3, -0.25) is 4.79 Å². The number of methoxy groups -OCH3 is 1. The molecule has 3 rings (SSSR count). The zero-order valence-electron chi connectivity index (χ0n) is 14.2. The normalized spacial score (nSPS) is 16.8. The van der Waals surface area contributed by atoms with E-state index in [0.717, 1.165) is 28.0 Å². The first kappa shape index (κ1) is 16.1. The van der Waals surface area contributed by atoms with Crippen LogP contribution in [0.2, 0.25) is 0 Å². The predicted molar refractivity (Wildman–Crippen MR) is 97.0 cm³/mol. The van der Waals surface area contributed by atoms with Gasteiger partial charge >= 0.3 is 5.97 Å². The largest absolute Gasteiger partial charge is 0.468 e. The Morgan fingerprint density at radius 1 is 0.917 bits per heavy atom. The molecule has 3 heteroatoms. The number of likely N-dealkylation sites (N-methyl/N-ethyl adjacent to an activating group) is 1. The molecular weight excluding hydrogens is 298 g/mol. The third-order valence-electron chi connectivity index (χ3n) is 4.25. The van der Waals surface area contributed by atoms with Crippen LogP contribution in [0.1, 0.15) is 11.1 Å². The van der Waals surface area contributed by atoms with Crippen LogP contribution in [0.3, 0.4) is 0 Å². The minimum absolute atomic E-state index is 0.237. The van der Waals surface area contributed by atoms with Gasteiger partial charge in [0.1, 0.15) is 5.92 Å². The Hall–Kier alpha value is -2.81. The average Bonchev–Trinajstić information content (AvgIpc) is 3.03. The second kappa shape index (κ2) is 6.75. The van der Waals surface area contributed by atoms with Crippen LogP contribution in [0.25, 0.3) is 11.1 Å². The molecule has 0 saturated carbocycles. The summed E-state index contributed by atoms with van der Waals surface area (Å²) in [5.74, 6) is -0.635. The summed E-state index contributed by atoms with van der Waals surface area (Å²) in [6, 6.07) is 20.2. The molecule has 0 radical (unpaired) electrons. The van der Waals surface area contributed by atoms with Crippen LogP contribution in [-0.4, -0.2) is 32.1 Å². The van der Waals surface area contributed by atoms with E-state index in [9.17, 15) is 4.79 Å². The molecule has 24 heavy (non-hydrogen) atoms. The Labute approximate surface area is 142 Å². The topological polar surface area (TPSA) is 29.5 Å². The van der Waals surface area contributed by atoms with E-state index < -0.39 is 5.92 Å². The maximum atomic E-state index is 12.4. The molecule has 0 N–H and O–H groups in total. The Balaban J connectivity index is 2.27. The molecule has 0 amide bonds. The number of carbonyl (C=O) groups is 1. The maximum absolute atomic E-state index is 12.4. The number of hydrogen-bond donors (Lipinski definition) is 0. The third kappa shape index (κ3) is 2.85. The Morgan fingerprint density at radius 2 is 1.46 bits per heavy atom. The first-order valence-corrected chi connectivity index (χ1v) is 7.96. The number of benzene rings is 2. The summed E-state index contributed by atoms with van der Waals surface area (Å²) in [6.07, 6.45) is 2.00. The van der Waals surface area contributed by atoms with Crippen LogP contribution in [0, 0.1) is 5.92 Å². The SMILES string of the molecule is COC(=O)C1C=C(N(C)C)C(c2ccccc2)=C1c1ccccc1. The fourth-order valence-corrected chi connectivity index (χ4v) is 3.15. The minimum Gasteiger partial charge on any atom is -0.468 e. The number of carbonyl (C=O) groups excluding carboxylic acids is 1. The molecule has 3 nitrogen and oxygen atoms in total. The molecule has 0 heterocycles. The lowest BCUT2D eigenvalue weighted by molar-refractivity contribution is -0.141. The molecular formula is C21H21NO2. The number of allylic oxidation sites excluding steroid dienone is 1. The first-order valence-electron chi connectivity index (χ1n) is 7.96. The van der Waals surface area contributed by atoms with Gasteiger partial charge in [-0.2, -0.15) is 0 Å².